The van der Waals surface area contributed by atoms with Crippen LogP contribution in [-0.4, -0.2) is 34.4 Å². The fraction of sp³-hybridized carbons (Fsp3) is 0.222. The van der Waals surface area contributed by atoms with Gasteiger partial charge in [-0.25, -0.2) is 4.79 Å². The van der Waals surface area contributed by atoms with Gasteiger partial charge in [-0.05, 0) is 42.3 Å². The lowest BCUT2D eigenvalue weighted by molar-refractivity contribution is -0.217. The van der Waals surface area contributed by atoms with Gasteiger partial charge in [-0.2, -0.15) is 13.2 Å². The number of hydrogen-bond acceptors (Lipinski definition) is 4. The molecule has 0 saturated heterocycles. The summed E-state index contributed by atoms with van der Waals surface area (Å²) in [6, 6.07) is 7.74. The van der Waals surface area contributed by atoms with Crippen molar-refractivity contribution in [3.8, 4) is 17.2 Å². The molecule has 0 radical (unpaired) electrons. The summed E-state index contributed by atoms with van der Waals surface area (Å²) in [5.74, 6) is -4.53. The standard InChI is InChI=1S/C18H12ClF3O6/c19-12-6-9-5-11(17(25)26)15(18(20,21)22)28-13(9)7-14(12)27-10-3-1-8(2-4-10)16(23)24/h1-4,6-7,11,15H,5H2,(H,23,24)(H,25,26)/t11-,15+/m1/s1. The summed E-state index contributed by atoms with van der Waals surface area (Å²) >= 11 is 6.10. The first-order valence-electron chi connectivity index (χ1n) is 7.86. The molecule has 2 N–H and O–H groups in total. The van der Waals surface area contributed by atoms with Crippen LogP contribution in [0.2, 0.25) is 5.02 Å². The number of rotatable bonds is 4. The SMILES string of the molecule is O=C(O)c1ccc(Oc2cc3c(cc2Cl)C[C@@H](C(=O)O)[C@@H](C(F)(F)F)O3)cc1. The zero-order valence-corrected chi connectivity index (χ0v) is 14.6. The number of aliphatic carboxylic acids is 1. The van der Waals surface area contributed by atoms with Gasteiger partial charge in [0.2, 0.25) is 6.10 Å². The van der Waals surface area contributed by atoms with Gasteiger partial charge in [0.05, 0.1) is 10.6 Å². The molecule has 0 aromatic heterocycles. The zero-order valence-electron chi connectivity index (χ0n) is 13.9. The molecule has 28 heavy (non-hydrogen) atoms. The monoisotopic (exact) mass is 416 g/mol. The highest BCUT2D eigenvalue weighted by Crippen LogP contribution is 2.43. The van der Waals surface area contributed by atoms with Crippen LogP contribution in [0.3, 0.4) is 0 Å². The van der Waals surface area contributed by atoms with Gasteiger partial charge in [-0.15, -0.1) is 0 Å². The third-order valence-electron chi connectivity index (χ3n) is 4.14. The highest BCUT2D eigenvalue weighted by molar-refractivity contribution is 6.32. The van der Waals surface area contributed by atoms with E-state index < -0.39 is 36.6 Å². The predicted octanol–water partition coefficient (Wildman–Crippen LogP) is 4.40. The molecule has 0 spiro atoms. The molecule has 3 rings (SSSR count). The van der Waals surface area contributed by atoms with Crippen molar-refractivity contribution in [2.75, 3.05) is 0 Å². The van der Waals surface area contributed by atoms with Crippen LogP contribution in [0.25, 0.3) is 0 Å². The number of alkyl halides is 3. The lowest BCUT2D eigenvalue weighted by atomic mass is 9.90. The molecule has 1 heterocycles. The molecule has 0 aliphatic carbocycles. The molecule has 2 aromatic carbocycles. The maximum atomic E-state index is 13.2. The maximum absolute atomic E-state index is 13.2. The second kappa shape index (κ2) is 7.23. The molecular formula is C18H12ClF3O6. The number of carboxylic acids is 2. The van der Waals surface area contributed by atoms with Gasteiger partial charge >= 0.3 is 18.1 Å². The van der Waals surface area contributed by atoms with E-state index in [1.165, 1.54) is 30.3 Å². The van der Waals surface area contributed by atoms with E-state index in [4.69, 9.17) is 31.3 Å². The molecular weight excluding hydrogens is 405 g/mol. The van der Waals surface area contributed by atoms with Crippen LogP contribution in [-0.2, 0) is 11.2 Å². The Kier molecular flexibility index (Phi) is 5.12. The molecule has 6 nitrogen and oxygen atoms in total. The van der Waals surface area contributed by atoms with Gasteiger partial charge in [0.25, 0.3) is 0 Å². The van der Waals surface area contributed by atoms with E-state index in [2.05, 4.69) is 0 Å². The van der Waals surface area contributed by atoms with Crippen molar-refractivity contribution in [1.29, 1.82) is 0 Å². The smallest absolute Gasteiger partial charge is 0.426 e. The zero-order chi connectivity index (χ0) is 20.6. The van der Waals surface area contributed by atoms with E-state index in [0.717, 1.165) is 6.07 Å². The highest BCUT2D eigenvalue weighted by atomic mass is 35.5. The molecule has 2 aromatic rings. The second-order valence-corrected chi connectivity index (χ2v) is 6.46. The molecule has 0 amide bonds. The topological polar surface area (TPSA) is 93.1 Å². The van der Waals surface area contributed by atoms with Crippen LogP contribution >= 0.6 is 11.6 Å². The number of benzene rings is 2. The molecule has 1 aliphatic heterocycles. The van der Waals surface area contributed by atoms with Crippen molar-refractivity contribution < 1.29 is 42.4 Å². The Morgan fingerprint density at radius 3 is 2.32 bits per heavy atom. The summed E-state index contributed by atoms with van der Waals surface area (Å²) in [7, 11) is 0. The second-order valence-electron chi connectivity index (χ2n) is 6.05. The van der Waals surface area contributed by atoms with E-state index in [1.807, 2.05) is 0 Å². The van der Waals surface area contributed by atoms with Gasteiger partial charge < -0.3 is 19.7 Å². The molecule has 10 heteroatoms. The number of fused-ring (bicyclic) bond motifs is 1. The molecule has 148 valence electrons. The largest absolute Gasteiger partial charge is 0.481 e. The quantitative estimate of drug-likeness (QED) is 0.767. The van der Waals surface area contributed by atoms with Crippen molar-refractivity contribution >= 4 is 23.5 Å². The van der Waals surface area contributed by atoms with Crippen LogP contribution < -0.4 is 9.47 Å². The Hall–Kier alpha value is -2.94. The van der Waals surface area contributed by atoms with Crippen LogP contribution in [0.5, 0.6) is 17.2 Å². The van der Waals surface area contributed by atoms with Crippen molar-refractivity contribution in [2.24, 2.45) is 5.92 Å². The number of hydrogen-bond donors (Lipinski definition) is 2. The Balaban J connectivity index is 1.91. The maximum Gasteiger partial charge on any atom is 0.426 e. The van der Waals surface area contributed by atoms with Gasteiger partial charge in [-0.1, -0.05) is 11.6 Å². The molecule has 1 aliphatic rings. The van der Waals surface area contributed by atoms with Gasteiger partial charge in [0.15, 0.2) is 0 Å². The molecule has 0 fully saturated rings. The van der Waals surface area contributed by atoms with Gasteiger partial charge in [-0.3, -0.25) is 4.79 Å². The van der Waals surface area contributed by atoms with E-state index in [0.29, 0.717) is 0 Å². The minimum Gasteiger partial charge on any atom is -0.481 e. The van der Waals surface area contributed by atoms with Crippen molar-refractivity contribution in [3.05, 3.63) is 52.5 Å². The summed E-state index contributed by atoms with van der Waals surface area (Å²) < 4.78 is 50.0. The Morgan fingerprint density at radius 2 is 1.79 bits per heavy atom. The summed E-state index contributed by atoms with van der Waals surface area (Å²) in [6.07, 6.45) is -7.77. The lowest BCUT2D eigenvalue weighted by Gasteiger charge is -2.32. The van der Waals surface area contributed by atoms with E-state index >= 15 is 0 Å². The summed E-state index contributed by atoms with van der Waals surface area (Å²) in [5.41, 5.74) is 0.242. The average Bonchev–Trinajstić information content (AvgIpc) is 2.61. The molecule has 0 saturated carbocycles. The average molecular weight is 417 g/mol. The number of carboxylic acid groups (broad SMARTS) is 2. The molecule has 0 unspecified atom stereocenters. The van der Waals surface area contributed by atoms with E-state index in [1.54, 1.807) is 0 Å². The summed E-state index contributed by atoms with van der Waals surface area (Å²) in [5, 5.41) is 18.0. The van der Waals surface area contributed by atoms with Crippen molar-refractivity contribution in [1.82, 2.24) is 0 Å². The molecule has 2 atom stereocenters. The molecule has 0 bridgehead atoms. The minimum atomic E-state index is -4.87. The number of carbonyl (C=O) groups is 2. The first kappa shape index (κ1) is 19.8. The third kappa shape index (κ3) is 3.99. The third-order valence-corrected chi connectivity index (χ3v) is 4.44. The number of halogens is 4. The van der Waals surface area contributed by atoms with Crippen molar-refractivity contribution in [3.63, 3.8) is 0 Å². The Morgan fingerprint density at radius 1 is 1.14 bits per heavy atom. The van der Waals surface area contributed by atoms with Gasteiger partial charge in [0.1, 0.15) is 23.2 Å². The first-order valence-corrected chi connectivity index (χ1v) is 8.24. The van der Waals surface area contributed by atoms with Crippen LogP contribution in [0.1, 0.15) is 15.9 Å². The van der Waals surface area contributed by atoms with Gasteiger partial charge in [0, 0.05) is 6.07 Å². The Bertz CT molecular complexity index is 926. The van der Waals surface area contributed by atoms with Crippen molar-refractivity contribution in [2.45, 2.75) is 18.7 Å². The highest BCUT2D eigenvalue weighted by Gasteiger charge is 2.52. The first-order chi connectivity index (χ1) is 13.1. The summed E-state index contributed by atoms with van der Waals surface area (Å²) in [6.45, 7) is 0. The normalized spacial score (nSPS) is 18.7. The van der Waals surface area contributed by atoms with E-state index in [9.17, 15) is 22.8 Å². The van der Waals surface area contributed by atoms with Crippen LogP contribution in [0, 0.1) is 5.92 Å². The number of ether oxygens (including phenoxy) is 2. The predicted molar refractivity (Wildman–Crippen MR) is 90.2 cm³/mol. The fourth-order valence-corrected chi connectivity index (χ4v) is 3.02. The minimum absolute atomic E-state index is 0.0156. The number of aromatic carboxylic acids is 1. The van der Waals surface area contributed by atoms with Crippen LogP contribution in [0.4, 0.5) is 13.2 Å². The van der Waals surface area contributed by atoms with E-state index in [-0.39, 0.29) is 33.4 Å². The summed E-state index contributed by atoms with van der Waals surface area (Å²) in [4.78, 5) is 22.1. The van der Waals surface area contributed by atoms with Crippen LogP contribution in [0.15, 0.2) is 36.4 Å². The lowest BCUT2D eigenvalue weighted by Crippen LogP contribution is -2.47. The Labute approximate surface area is 161 Å². The fourth-order valence-electron chi connectivity index (χ4n) is 2.79.